The molecule has 0 bridgehead atoms. The van der Waals surface area contributed by atoms with Gasteiger partial charge in [0.2, 0.25) is 0 Å². The number of imidazole rings is 1. The van der Waals surface area contributed by atoms with E-state index in [2.05, 4.69) is 20.3 Å². The van der Waals surface area contributed by atoms with Crippen LogP contribution in [0.4, 0.5) is 5.69 Å². The monoisotopic (exact) mass is 304 g/mol. The molecule has 6 nitrogen and oxygen atoms in total. The molecule has 0 aliphatic heterocycles. The first-order chi connectivity index (χ1) is 11.2. The van der Waals surface area contributed by atoms with Crippen molar-refractivity contribution in [2.24, 2.45) is 0 Å². The van der Waals surface area contributed by atoms with Crippen molar-refractivity contribution >= 4 is 33.4 Å². The van der Waals surface area contributed by atoms with Gasteiger partial charge in [0.1, 0.15) is 0 Å². The van der Waals surface area contributed by atoms with E-state index in [1.807, 2.05) is 18.2 Å². The molecule has 0 spiro atoms. The van der Waals surface area contributed by atoms with Gasteiger partial charge in [0.05, 0.1) is 11.0 Å². The van der Waals surface area contributed by atoms with E-state index in [1.165, 1.54) is 0 Å². The number of aromatic nitrogens is 3. The van der Waals surface area contributed by atoms with Crippen LogP contribution >= 0.6 is 0 Å². The smallest absolute Gasteiger partial charge is 0.322 e. The number of fused-ring (bicyclic) bond motifs is 2. The summed E-state index contributed by atoms with van der Waals surface area (Å²) in [5.41, 5.74) is 2.23. The van der Waals surface area contributed by atoms with Crippen molar-refractivity contribution in [1.29, 1.82) is 0 Å². The molecule has 3 N–H and O–H groups in total. The molecular formula is C17H12N4O2. The van der Waals surface area contributed by atoms with Crippen molar-refractivity contribution in [2.45, 2.75) is 0 Å². The second-order valence-electron chi connectivity index (χ2n) is 5.20. The van der Waals surface area contributed by atoms with E-state index in [0.29, 0.717) is 22.3 Å². The molecule has 1 amide bonds. The number of rotatable bonds is 2. The quantitative estimate of drug-likeness (QED) is 0.531. The van der Waals surface area contributed by atoms with Crippen LogP contribution in [-0.2, 0) is 0 Å². The minimum absolute atomic E-state index is 0.221. The number of pyridine rings is 1. The normalized spacial score (nSPS) is 11.0. The van der Waals surface area contributed by atoms with Crippen molar-refractivity contribution < 1.29 is 4.79 Å². The predicted molar refractivity (Wildman–Crippen MR) is 88.6 cm³/mol. The van der Waals surface area contributed by atoms with Crippen molar-refractivity contribution in [1.82, 2.24) is 15.0 Å². The zero-order valence-corrected chi connectivity index (χ0v) is 12.0. The number of H-pyrrole nitrogens is 2. The Balaban J connectivity index is 1.71. The van der Waals surface area contributed by atoms with E-state index in [9.17, 15) is 9.59 Å². The molecule has 2 aromatic carbocycles. The Hall–Kier alpha value is -3.41. The zero-order valence-electron chi connectivity index (χ0n) is 12.0. The Morgan fingerprint density at radius 3 is 2.83 bits per heavy atom. The van der Waals surface area contributed by atoms with Gasteiger partial charge < -0.3 is 15.3 Å². The summed E-state index contributed by atoms with van der Waals surface area (Å²) in [6.45, 7) is 0. The molecule has 0 fully saturated rings. The summed E-state index contributed by atoms with van der Waals surface area (Å²) >= 11 is 0. The predicted octanol–water partition coefficient (Wildman–Crippen LogP) is 2.66. The van der Waals surface area contributed by atoms with Gasteiger partial charge >= 0.3 is 5.69 Å². The molecule has 0 atom stereocenters. The molecule has 0 saturated heterocycles. The number of aromatic amines is 2. The molecule has 4 rings (SSSR count). The minimum Gasteiger partial charge on any atom is -0.322 e. The lowest BCUT2D eigenvalue weighted by Crippen LogP contribution is -2.12. The van der Waals surface area contributed by atoms with Gasteiger partial charge in [-0.15, -0.1) is 0 Å². The number of carbonyl (C=O) groups is 1. The number of nitrogens with zero attached hydrogens (tertiary/aromatic N) is 1. The minimum atomic E-state index is -0.274. The van der Waals surface area contributed by atoms with Gasteiger partial charge in [0.25, 0.3) is 5.91 Å². The standard InChI is InChI=1S/C17H12N4O2/c22-16(12-3-1-2-10-6-7-18-9-13(10)12)19-11-4-5-14-15(8-11)21-17(23)20-14/h1-9H,(H,19,22)(H2,20,21,23). The Morgan fingerprint density at radius 1 is 1.04 bits per heavy atom. The highest BCUT2D eigenvalue weighted by molar-refractivity contribution is 6.13. The van der Waals surface area contributed by atoms with Gasteiger partial charge in [-0.3, -0.25) is 9.78 Å². The maximum Gasteiger partial charge on any atom is 0.323 e. The third-order valence-electron chi connectivity index (χ3n) is 3.70. The fourth-order valence-corrected chi connectivity index (χ4v) is 2.62. The van der Waals surface area contributed by atoms with Gasteiger partial charge in [-0.25, -0.2) is 4.79 Å². The third kappa shape index (κ3) is 2.36. The van der Waals surface area contributed by atoms with Gasteiger partial charge in [-0.2, -0.15) is 0 Å². The van der Waals surface area contributed by atoms with Crippen LogP contribution in [0.25, 0.3) is 21.8 Å². The molecule has 0 saturated carbocycles. The highest BCUT2D eigenvalue weighted by Crippen LogP contribution is 2.20. The number of hydrogen-bond acceptors (Lipinski definition) is 3. The molecule has 4 aromatic rings. The van der Waals surface area contributed by atoms with Crippen LogP contribution in [0.5, 0.6) is 0 Å². The van der Waals surface area contributed by atoms with E-state index in [-0.39, 0.29) is 11.6 Å². The third-order valence-corrected chi connectivity index (χ3v) is 3.70. The fraction of sp³-hybridized carbons (Fsp3) is 0. The first-order valence-electron chi connectivity index (χ1n) is 7.07. The Morgan fingerprint density at radius 2 is 1.91 bits per heavy atom. The number of hydrogen-bond donors (Lipinski definition) is 3. The van der Waals surface area contributed by atoms with E-state index < -0.39 is 0 Å². The topological polar surface area (TPSA) is 90.6 Å². The second kappa shape index (κ2) is 5.10. The van der Waals surface area contributed by atoms with Crippen molar-refractivity contribution in [3.05, 3.63) is 70.9 Å². The van der Waals surface area contributed by atoms with Crippen molar-refractivity contribution in [3.63, 3.8) is 0 Å². The summed E-state index contributed by atoms with van der Waals surface area (Å²) in [5, 5.41) is 4.60. The van der Waals surface area contributed by atoms with Crippen LogP contribution < -0.4 is 11.0 Å². The van der Waals surface area contributed by atoms with Crippen LogP contribution in [-0.4, -0.2) is 20.9 Å². The van der Waals surface area contributed by atoms with E-state index in [1.54, 1.807) is 36.7 Å². The van der Waals surface area contributed by atoms with Gasteiger partial charge in [0, 0.05) is 29.0 Å². The number of nitrogens with one attached hydrogen (secondary N) is 3. The molecule has 0 unspecified atom stereocenters. The first-order valence-corrected chi connectivity index (χ1v) is 7.07. The van der Waals surface area contributed by atoms with Crippen molar-refractivity contribution in [3.8, 4) is 0 Å². The summed E-state index contributed by atoms with van der Waals surface area (Å²) in [5.74, 6) is -0.221. The van der Waals surface area contributed by atoms with Gasteiger partial charge in [0.15, 0.2) is 0 Å². The zero-order chi connectivity index (χ0) is 15.8. The number of anilines is 1. The lowest BCUT2D eigenvalue weighted by Gasteiger charge is -2.08. The van der Waals surface area contributed by atoms with Crippen LogP contribution in [0.3, 0.4) is 0 Å². The van der Waals surface area contributed by atoms with Crippen LogP contribution in [0.1, 0.15) is 10.4 Å². The largest absolute Gasteiger partial charge is 0.323 e. The molecule has 23 heavy (non-hydrogen) atoms. The molecule has 2 heterocycles. The van der Waals surface area contributed by atoms with Gasteiger partial charge in [-0.05, 0) is 35.7 Å². The fourth-order valence-electron chi connectivity index (χ4n) is 2.62. The Bertz CT molecular complexity index is 1090. The second-order valence-corrected chi connectivity index (χ2v) is 5.20. The van der Waals surface area contributed by atoms with E-state index >= 15 is 0 Å². The van der Waals surface area contributed by atoms with Crippen LogP contribution in [0.2, 0.25) is 0 Å². The first kappa shape index (κ1) is 13.3. The maximum absolute atomic E-state index is 12.6. The average molecular weight is 304 g/mol. The highest BCUT2D eigenvalue weighted by Gasteiger charge is 2.11. The molecule has 2 aromatic heterocycles. The summed E-state index contributed by atoms with van der Waals surface area (Å²) < 4.78 is 0. The molecule has 0 aliphatic rings. The Labute approximate surface area is 130 Å². The molecule has 0 radical (unpaired) electrons. The molecule has 0 aliphatic carbocycles. The van der Waals surface area contributed by atoms with Gasteiger partial charge in [-0.1, -0.05) is 12.1 Å². The maximum atomic E-state index is 12.6. The molecule has 112 valence electrons. The number of benzene rings is 2. The summed E-state index contributed by atoms with van der Waals surface area (Å²) in [6.07, 6.45) is 3.37. The summed E-state index contributed by atoms with van der Waals surface area (Å²) in [7, 11) is 0. The lowest BCUT2D eigenvalue weighted by molar-refractivity contribution is 0.102. The average Bonchev–Trinajstić information content (AvgIpc) is 2.93. The molecule has 6 heteroatoms. The SMILES string of the molecule is O=C(Nc1ccc2[nH]c(=O)[nH]c2c1)c1cccc2ccncc12. The summed E-state index contributed by atoms with van der Waals surface area (Å²) in [6, 6.07) is 12.6. The van der Waals surface area contributed by atoms with E-state index in [0.717, 1.165) is 10.8 Å². The lowest BCUT2D eigenvalue weighted by atomic mass is 10.1. The number of amides is 1. The van der Waals surface area contributed by atoms with E-state index in [4.69, 9.17) is 0 Å². The van der Waals surface area contributed by atoms with Crippen LogP contribution in [0.15, 0.2) is 59.7 Å². The molecular weight excluding hydrogens is 292 g/mol. The van der Waals surface area contributed by atoms with Crippen molar-refractivity contribution in [2.75, 3.05) is 5.32 Å². The Kier molecular flexibility index (Phi) is 2.94. The highest BCUT2D eigenvalue weighted by atomic mass is 16.2. The summed E-state index contributed by atoms with van der Waals surface area (Å²) in [4.78, 5) is 33.3. The van der Waals surface area contributed by atoms with Crippen LogP contribution in [0, 0.1) is 0 Å². The number of carbonyl (C=O) groups excluding carboxylic acids is 1.